The number of carbonyl (C=O) groups excluding carboxylic acids is 1. The van der Waals surface area contributed by atoms with E-state index in [1.807, 2.05) is 19.1 Å². The largest absolute Gasteiger partial charge is 0.331 e. The Labute approximate surface area is 182 Å². The molecular weight excluding hydrogens is 410 g/mol. The van der Waals surface area contributed by atoms with Crippen molar-refractivity contribution in [2.75, 3.05) is 5.32 Å². The van der Waals surface area contributed by atoms with Gasteiger partial charge in [-0.05, 0) is 79.8 Å². The number of urea groups is 1. The molecule has 31 heavy (non-hydrogen) atoms. The summed E-state index contributed by atoms with van der Waals surface area (Å²) >= 11 is 0. The molecule has 8 heteroatoms. The molecule has 2 aliphatic rings. The molecule has 7 nitrogen and oxygen atoms in total. The van der Waals surface area contributed by atoms with Gasteiger partial charge in [-0.25, -0.2) is 13.7 Å². The number of rotatable bonds is 4. The lowest BCUT2D eigenvalue weighted by Gasteiger charge is -2.18. The number of aromatic nitrogens is 2. The highest BCUT2D eigenvalue weighted by atomic mass is 32.2. The van der Waals surface area contributed by atoms with Gasteiger partial charge in [-0.15, -0.1) is 0 Å². The number of hydrogen-bond donors (Lipinski definition) is 3. The van der Waals surface area contributed by atoms with Crippen molar-refractivity contribution in [1.82, 2.24) is 14.9 Å². The summed E-state index contributed by atoms with van der Waals surface area (Å²) in [5.41, 5.74) is 7.06. The first-order valence-electron chi connectivity index (χ1n) is 10.6. The van der Waals surface area contributed by atoms with Gasteiger partial charge >= 0.3 is 6.03 Å². The third kappa shape index (κ3) is 3.83. The molecule has 2 amide bonds. The number of benzene rings is 2. The maximum Gasteiger partial charge on any atom is 0.331 e. The van der Waals surface area contributed by atoms with Crippen LogP contribution in [0, 0.1) is 6.92 Å². The number of nitrogens with one attached hydrogen (secondary N) is 3. The third-order valence-electron chi connectivity index (χ3n) is 6.00. The molecule has 0 saturated heterocycles. The van der Waals surface area contributed by atoms with Gasteiger partial charge in [0, 0.05) is 11.8 Å². The van der Waals surface area contributed by atoms with Crippen LogP contribution in [0.4, 0.5) is 16.3 Å². The predicted molar refractivity (Wildman–Crippen MR) is 121 cm³/mol. The molecule has 2 aliphatic carbocycles. The number of anilines is 1. The van der Waals surface area contributed by atoms with Crippen molar-refractivity contribution < 1.29 is 9.00 Å². The highest BCUT2D eigenvalue weighted by Crippen LogP contribution is 2.38. The number of aryl methyl sites for hydroxylation is 3. The molecule has 0 aliphatic heterocycles. The molecule has 160 valence electrons. The molecule has 1 heterocycles. The van der Waals surface area contributed by atoms with E-state index in [0.717, 1.165) is 49.8 Å². The van der Waals surface area contributed by atoms with Gasteiger partial charge in [0.05, 0.1) is 11.1 Å². The summed E-state index contributed by atoms with van der Waals surface area (Å²) in [6, 6.07) is 10.6. The minimum atomic E-state index is -3.26. The Morgan fingerprint density at radius 2 is 1.71 bits per heavy atom. The molecule has 0 saturated carbocycles. The highest BCUT2D eigenvalue weighted by Gasteiger charge is 2.26. The van der Waals surface area contributed by atoms with Crippen molar-refractivity contribution in [2.24, 2.45) is 4.36 Å². The number of aromatic amines is 1. The van der Waals surface area contributed by atoms with Gasteiger partial charge in [-0.3, -0.25) is 5.10 Å². The van der Waals surface area contributed by atoms with Crippen LogP contribution in [0.25, 0.3) is 0 Å². The zero-order valence-corrected chi connectivity index (χ0v) is 18.2. The molecule has 5 rings (SSSR count). The number of amides is 2. The van der Waals surface area contributed by atoms with Crippen molar-refractivity contribution in [1.29, 1.82) is 0 Å². The normalized spacial score (nSPS) is 16.3. The Bertz CT molecular complexity index is 1220. The first-order chi connectivity index (χ1) is 15.0. The lowest BCUT2D eigenvalue weighted by molar-refractivity contribution is 0.256. The van der Waals surface area contributed by atoms with Crippen LogP contribution in [0.5, 0.6) is 0 Å². The summed E-state index contributed by atoms with van der Waals surface area (Å²) in [4.78, 5) is 13.5. The maximum absolute atomic E-state index is 13.8. The van der Waals surface area contributed by atoms with E-state index in [0.29, 0.717) is 10.7 Å². The number of hydrogen-bond acceptors (Lipinski definition) is 4. The van der Waals surface area contributed by atoms with Gasteiger partial charge in [-0.1, -0.05) is 23.8 Å². The second-order valence-electron chi connectivity index (χ2n) is 8.16. The summed E-state index contributed by atoms with van der Waals surface area (Å²) in [6.45, 7) is 1.95. The lowest BCUT2D eigenvalue weighted by atomic mass is 9.99. The van der Waals surface area contributed by atoms with Gasteiger partial charge in [0.25, 0.3) is 0 Å². The summed E-state index contributed by atoms with van der Waals surface area (Å²) in [7, 11) is -3.26. The second kappa shape index (κ2) is 7.85. The molecular formula is C23H25N5O2S. The molecule has 0 fully saturated rings. The van der Waals surface area contributed by atoms with Gasteiger partial charge < -0.3 is 5.32 Å². The van der Waals surface area contributed by atoms with Gasteiger partial charge in [0.1, 0.15) is 0 Å². The van der Waals surface area contributed by atoms with Gasteiger partial charge in [0.15, 0.2) is 15.7 Å². The second-order valence-corrected chi connectivity index (χ2v) is 10.1. The first-order valence-corrected chi connectivity index (χ1v) is 12.1. The van der Waals surface area contributed by atoms with Crippen LogP contribution in [0.2, 0.25) is 0 Å². The average Bonchev–Trinajstić information content (AvgIpc) is 3.49. The zero-order valence-electron chi connectivity index (χ0n) is 17.4. The van der Waals surface area contributed by atoms with E-state index in [4.69, 9.17) is 0 Å². The Balaban J connectivity index is 1.50. The predicted octanol–water partition coefficient (Wildman–Crippen LogP) is 4.59. The van der Waals surface area contributed by atoms with E-state index < -0.39 is 15.9 Å². The highest BCUT2D eigenvalue weighted by molar-refractivity contribution is 7.92. The van der Waals surface area contributed by atoms with E-state index in [1.165, 1.54) is 28.5 Å². The van der Waals surface area contributed by atoms with Crippen LogP contribution >= 0.6 is 0 Å². The average molecular weight is 436 g/mol. The fourth-order valence-corrected chi connectivity index (χ4v) is 5.98. The number of nitrogens with zero attached hydrogens (tertiary/aromatic N) is 2. The lowest BCUT2D eigenvalue weighted by Crippen LogP contribution is -2.34. The molecule has 1 aromatic heterocycles. The van der Waals surface area contributed by atoms with E-state index in [2.05, 4.69) is 30.7 Å². The van der Waals surface area contributed by atoms with Crippen molar-refractivity contribution >= 4 is 27.5 Å². The monoisotopic (exact) mass is 435 g/mol. The summed E-state index contributed by atoms with van der Waals surface area (Å²) in [6.07, 6.45) is 7.76. The standard InChI is InChI=1S/C23H25N5O2S/c1-15-8-10-18(11-9-15)31(30,27-21-12-13-24-26-21)28-23(29)25-22-19-6-2-4-16(19)14-17-5-3-7-20(17)22/h8-14H,2-7H2,1H3,(H3,24,25,26,27,28,29,30). The molecule has 2 aromatic carbocycles. The maximum atomic E-state index is 13.8. The molecule has 1 unspecified atom stereocenters. The SMILES string of the molecule is Cc1ccc(S(=O)(=Nc2ccn[nH]2)NC(=O)Nc2c3c(cc4c2CCC4)CCC3)cc1. The summed E-state index contributed by atoms with van der Waals surface area (Å²) in [5.74, 6) is 0.340. The van der Waals surface area contributed by atoms with Gasteiger partial charge in [-0.2, -0.15) is 9.46 Å². The quantitative estimate of drug-likeness (QED) is 0.559. The fourth-order valence-electron chi connectivity index (χ4n) is 4.53. The van der Waals surface area contributed by atoms with Crippen LogP contribution in [-0.4, -0.2) is 20.4 Å². The van der Waals surface area contributed by atoms with Crippen LogP contribution in [0.1, 0.15) is 40.7 Å². The number of fused-ring (bicyclic) bond motifs is 2. The molecule has 1 atom stereocenters. The Morgan fingerprint density at radius 3 is 2.32 bits per heavy atom. The fraction of sp³-hybridized carbons (Fsp3) is 0.304. The minimum absolute atomic E-state index is 0.340. The molecule has 3 aromatic rings. The van der Waals surface area contributed by atoms with Crippen LogP contribution in [0.3, 0.4) is 0 Å². The number of carbonyl (C=O) groups is 1. The molecule has 0 bridgehead atoms. The first kappa shape index (κ1) is 19.8. The van der Waals surface area contributed by atoms with Crippen molar-refractivity contribution in [3.8, 4) is 0 Å². The summed E-state index contributed by atoms with van der Waals surface area (Å²) in [5, 5.41) is 9.61. The zero-order chi connectivity index (χ0) is 21.4. The molecule has 0 radical (unpaired) electrons. The Hall–Kier alpha value is -3.13. The molecule has 0 spiro atoms. The minimum Gasteiger partial charge on any atom is -0.307 e. The van der Waals surface area contributed by atoms with E-state index >= 15 is 0 Å². The summed E-state index contributed by atoms with van der Waals surface area (Å²) < 4.78 is 20.8. The van der Waals surface area contributed by atoms with E-state index in [1.54, 1.807) is 18.2 Å². The van der Waals surface area contributed by atoms with Crippen molar-refractivity contribution in [3.05, 3.63) is 70.4 Å². The third-order valence-corrected chi connectivity index (χ3v) is 7.82. The number of H-pyrrole nitrogens is 1. The van der Waals surface area contributed by atoms with Crippen molar-refractivity contribution in [2.45, 2.75) is 50.3 Å². The van der Waals surface area contributed by atoms with E-state index in [-0.39, 0.29) is 0 Å². The van der Waals surface area contributed by atoms with Crippen molar-refractivity contribution in [3.63, 3.8) is 0 Å². The van der Waals surface area contributed by atoms with Crippen LogP contribution < -0.4 is 10.0 Å². The Kier molecular flexibility index (Phi) is 5.02. The smallest absolute Gasteiger partial charge is 0.307 e. The van der Waals surface area contributed by atoms with Gasteiger partial charge in [0.2, 0.25) is 0 Å². The topological polar surface area (TPSA) is 99.2 Å². The Morgan fingerprint density at radius 1 is 1.03 bits per heavy atom. The van der Waals surface area contributed by atoms with E-state index in [9.17, 15) is 9.00 Å². The van der Waals surface area contributed by atoms with Crippen LogP contribution in [-0.2, 0) is 35.6 Å². The van der Waals surface area contributed by atoms with Crippen LogP contribution in [0.15, 0.2) is 51.9 Å². The molecule has 3 N–H and O–H groups in total.